The molecule has 3 heterocycles. The van der Waals surface area contributed by atoms with Gasteiger partial charge < -0.3 is 15.1 Å². The number of halogens is 1. The SMILES string of the molecule is CC(C)NCC(C(=O)N1CCN(c2ncnc3c2[C@H](C)SC3)CC1)c1ccc(Cl)cc1. The summed E-state index contributed by atoms with van der Waals surface area (Å²) in [5.41, 5.74) is 3.43. The van der Waals surface area contributed by atoms with Crippen LogP contribution in [0.5, 0.6) is 0 Å². The van der Waals surface area contributed by atoms with E-state index in [4.69, 9.17) is 11.6 Å². The van der Waals surface area contributed by atoms with Gasteiger partial charge in [0.15, 0.2) is 0 Å². The van der Waals surface area contributed by atoms with Crippen molar-refractivity contribution in [2.75, 3.05) is 37.6 Å². The molecule has 31 heavy (non-hydrogen) atoms. The number of hydrogen-bond donors (Lipinski definition) is 1. The lowest BCUT2D eigenvalue weighted by atomic mass is 9.96. The van der Waals surface area contributed by atoms with Crippen LogP contribution in [0.2, 0.25) is 5.02 Å². The number of hydrogen-bond acceptors (Lipinski definition) is 6. The Morgan fingerprint density at radius 1 is 1.19 bits per heavy atom. The third-order valence-corrected chi connectivity index (χ3v) is 7.44. The fraction of sp³-hybridized carbons (Fsp3) is 0.522. The number of rotatable bonds is 6. The molecule has 1 saturated heterocycles. The highest BCUT2D eigenvalue weighted by Crippen LogP contribution is 2.44. The van der Waals surface area contributed by atoms with Crippen LogP contribution in [-0.2, 0) is 10.5 Å². The summed E-state index contributed by atoms with van der Waals surface area (Å²) < 4.78 is 0. The third-order valence-electron chi connectivity index (χ3n) is 6.01. The smallest absolute Gasteiger partial charge is 0.231 e. The van der Waals surface area contributed by atoms with E-state index in [9.17, 15) is 4.79 Å². The summed E-state index contributed by atoms with van der Waals surface area (Å²) in [5.74, 6) is 1.96. The molecule has 1 unspecified atom stereocenters. The zero-order chi connectivity index (χ0) is 22.0. The average Bonchev–Trinajstić information content (AvgIpc) is 3.16. The van der Waals surface area contributed by atoms with Crippen molar-refractivity contribution >= 4 is 35.1 Å². The Bertz CT molecular complexity index is 915. The van der Waals surface area contributed by atoms with E-state index in [0.717, 1.165) is 35.9 Å². The lowest BCUT2D eigenvalue weighted by molar-refractivity contribution is -0.133. The number of nitrogens with one attached hydrogen (secondary N) is 1. The van der Waals surface area contributed by atoms with Crippen molar-refractivity contribution in [3.63, 3.8) is 0 Å². The van der Waals surface area contributed by atoms with Gasteiger partial charge in [0.25, 0.3) is 0 Å². The van der Waals surface area contributed by atoms with E-state index in [1.54, 1.807) is 6.33 Å². The number of nitrogens with zero attached hydrogens (tertiary/aromatic N) is 4. The van der Waals surface area contributed by atoms with Crippen LogP contribution in [0.3, 0.4) is 0 Å². The summed E-state index contributed by atoms with van der Waals surface area (Å²) >= 11 is 7.98. The van der Waals surface area contributed by atoms with Gasteiger partial charge in [-0.25, -0.2) is 9.97 Å². The van der Waals surface area contributed by atoms with Gasteiger partial charge in [-0.2, -0.15) is 0 Å². The number of benzene rings is 1. The van der Waals surface area contributed by atoms with Gasteiger partial charge in [0.2, 0.25) is 5.91 Å². The van der Waals surface area contributed by atoms with Crippen molar-refractivity contribution in [2.45, 2.75) is 43.7 Å². The van der Waals surface area contributed by atoms with E-state index in [2.05, 4.69) is 41.0 Å². The topological polar surface area (TPSA) is 61.4 Å². The van der Waals surface area contributed by atoms with E-state index in [0.29, 0.717) is 35.9 Å². The van der Waals surface area contributed by atoms with Crippen molar-refractivity contribution in [2.24, 2.45) is 0 Å². The number of aromatic nitrogens is 2. The van der Waals surface area contributed by atoms with E-state index >= 15 is 0 Å². The maximum absolute atomic E-state index is 13.5. The second-order valence-electron chi connectivity index (χ2n) is 8.49. The number of fused-ring (bicyclic) bond motifs is 1. The van der Waals surface area contributed by atoms with Crippen LogP contribution in [0.1, 0.15) is 48.8 Å². The molecule has 4 rings (SSSR count). The molecule has 0 saturated carbocycles. The highest BCUT2D eigenvalue weighted by Gasteiger charge is 2.32. The summed E-state index contributed by atoms with van der Waals surface area (Å²) in [4.78, 5) is 26.9. The van der Waals surface area contributed by atoms with Crippen molar-refractivity contribution in [1.29, 1.82) is 0 Å². The molecule has 1 N–H and O–H groups in total. The van der Waals surface area contributed by atoms with Crippen molar-refractivity contribution in [3.05, 3.63) is 52.4 Å². The second-order valence-corrected chi connectivity index (χ2v) is 10.3. The summed E-state index contributed by atoms with van der Waals surface area (Å²) in [6.07, 6.45) is 1.68. The first kappa shape index (κ1) is 22.4. The number of anilines is 1. The Balaban J connectivity index is 1.46. The maximum Gasteiger partial charge on any atom is 0.231 e. The monoisotopic (exact) mass is 459 g/mol. The first-order valence-corrected chi connectivity index (χ1v) is 12.3. The summed E-state index contributed by atoms with van der Waals surface area (Å²) in [5, 5.41) is 4.54. The lowest BCUT2D eigenvalue weighted by Crippen LogP contribution is -2.51. The van der Waals surface area contributed by atoms with Gasteiger partial charge in [0.05, 0.1) is 11.6 Å². The van der Waals surface area contributed by atoms with Crippen LogP contribution < -0.4 is 10.2 Å². The van der Waals surface area contributed by atoms with Crippen LogP contribution in [0.4, 0.5) is 5.82 Å². The third kappa shape index (κ3) is 4.99. The van der Waals surface area contributed by atoms with Crippen molar-refractivity contribution in [3.8, 4) is 0 Å². The molecule has 0 radical (unpaired) electrons. The molecule has 2 aromatic rings. The lowest BCUT2D eigenvalue weighted by Gasteiger charge is -2.38. The van der Waals surface area contributed by atoms with E-state index in [-0.39, 0.29) is 11.8 Å². The zero-order valence-corrected chi connectivity index (χ0v) is 19.9. The van der Waals surface area contributed by atoms with Crippen molar-refractivity contribution in [1.82, 2.24) is 20.2 Å². The Hall–Kier alpha value is -1.83. The highest BCUT2D eigenvalue weighted by molar-refractivity contribution is 7.99. The fourth-order valence-corrected chi connectivity index (χ4v) is 5.42. The molecular formula is C23H30ClN5OS. The molecule has 0 bridgehead atoms. The standard InChI is InChI=1S/C23H30ClN5OS/c1-15(2)25-12-19(17-4-6-18(24)7-5-17)23(30)29-10-8-28(9-11-29)22-21-16(3)31-13-20(21)26-14-27-22/h4-7,14-16,19,25H,8-13H2,1-3H3/t16-,19?/m0/s1. The van der Waals surface area contributed by atoms with Gasteiger partial charge in [0, 0.05) is 60.4 Å². The van der Waals surface area contributed by atoms with E-state index < -0.39 is 0 Å². The molecule has 1 fully saturated rings. The molecule has 8 heteroatoms. The van der Waals surface area contributed by atoms with Gasteiger partial charge in [-0.05, 0) is 24.6 Å². The minimum Gasteiger partial charge on any atom is -0.353 e. The Kier molecular flexibility index (Phi) is 7.04. The molecule has 0 spiro atoms. The zero-order valence-electron chi connectivity index (χ0n) is 18.3. The number of piperazine rings is 1. The minimum absolute atomic E-state index is 0.173. The number of amides is 1. The quantitative estimate of drug-likeness (QED) is 0.707. The minimum atomic E-state index is -0.217. The highest BCUT2D eigenvalue weighted by atomic mass is 35.5. The van der Waals surface area contributed by atoms with E-state index in [1.807, 2.05) is 40.9 Å². The fourth-order valence-electron chi connectivity index (χ4n) is 4.25. The predicted octanol–water partition coefficient (Wildman–Crippen LogP) is 3.87. The largest absolute Gasteiger partial charge is 0.353 e. The molecule has 166 valence electrons. The van der Waals surface area contributed by atoms with Gasteiger partial charge in [-0.1, -0.05) is 37.6 Å². The first-order valence-electron chi connectivity index (χ1n) is 10.9. The Labute approximate surface area is 193 Å². The number of carbonyl (C=O) groups is 1. The average molecular weight is 460 g/mol. The van der Waals surface area contributed by atoms with Crippen LogP contribution in [0.15, 0.2) is 30.6 Å². The molecule has 1 amide bonds. The van der Waals surface area contributed by atoms with E-state index in [1.165, 1.54) is 5.56 Å². The maximum atomic E-state index is 13.5. The number of thioether (sulfide) groups is 1. The summed E-state index contributed by atoms with van der Waals surface area (Å²) in [7, 11) is 0. The van der Waals surface area contributed by atoms with Gasteiger partial charge in [-0.15, -0.1) is 11.8 Å². The molecule has 1 aromatic heterocycles. The van der Waals surface area contributed by atoms with Gasteiger partial charge >= 0.3 is 0 Å². The first-order chi connectivity index (χ1) is 14.9. The van der Waals surface area contributed by atoms with Gasteiger partial charge in [-0.3, -0.25) is 4.79 Å². The second kappa shape index (κ2) is 9.76. The molecular weight excluding hydrogens is 430 g/mol. The van der Waals surface area contributed by atoms with Crippen LogP contribution in [0.25, 0.3) is 0 Å². The Morgan fingerprint density at radius 2 is 1.90 bits per heavy atom. The van der Waals surface area contributed by atoms with Crippen LogP contribution >= 0.6 is 23.4 Å². The number of carbonyl (C=O) groups excluding carboxylic acids is 1. The summed E-state index contributed by atoms with van der Waals surface area (Å²) in [6, 6.07) is 7.97. The molecule has 6 nitrogen and oxygen atoms in total. The van der Waals surface area contributed by atoms with Gasteiger partial charge in [0.1, 0.15) is 12.1 Å². The molecule has 2 aliphatic heterocycles. The van der Waals surface area contributed by atoms with Crippen LogP contribution in [-0.4, -0.2) is 59.5 Å². The molecule has 0 aliphatic carbocycles. The predicted molar refractivity (Wildman–Crippen MR) is 128 cm³/mol. The van der Waals surface area contributed by atoms with Crippen LogP contribution in [0, 0.1) is 0 Å². The van der Waals surface area contributed by atoms with Crippen molar-refractivity contribution < 1.29 is 4.79 Å². The molecule has 1 aromatic carbocycles. The Morgan fingerprint density at radius 3 is 2.58 bits per heavy atom. The molecule has 2 atom stereocenters. The summed E-state index contributed by atoms with van der Waals surface area (Å²) in [6.45, 7) is 10.0. The normalized spacial score (nSPS) is 19.6. The molecule has 2 aliphatic rings.